The fourth-order valence-corrected chi connectivity index (χ4v) is 4.39. The van der Waals surface area contributed by atoms with Crippen LogP contribution in [-0.2, 0) is 10.0 Å². The topological polar surface area (TPSA) is 51.5 Å². The summed E-state index contributed by atoms with van der Waals surface area (Å²) >= 11 is 6.25. The highest BCUT2D eigenvalue weighted by molar-refractivity contribution is 7.88. The maximum Gasteiger partial charge on any atom is 0.211 e. The molecule has 0 saturated carbocycles. The average Bonchev–Trinajstić information content (AvgIpc) is 3.03. The maximum absolute atomic E-state index is 11.9. The normalized spacial score (nSPS) is 19.4. The first kappa shape index (κ1) is 17.3. The number of hydrogen-bond donors (Lipinski definition) is 0. The summed E-state index contributed by atoms with van der Waals surface area (Å²) in [5.41, 5.74) is 2.02. The van der Waals surface area contributed by atoms with E-state index in [1.807, 2.05) is 36.5 Å². The van der Waals surface area contributed by atoms with Crippen LogP contribution >= 0.6 is 11.6 Å². The molecule has 1 fully saturated rings. The van der Waals surface area contributed by atoms with Crippen LogP contribution in [0, 0.1) is 0 Å². The minimum absolute atomic E-state index is 0.124. The van der Waals surface area contributed by atoms with Crippen LogP contribution in [-0.4, -0.2) is 43.7 Å². The second-order valence-electron chi connectivity index (χ2n) is 6.07. The van der Waals surface area contributed by atoms with Crippen molar-refractivity contribution in [2.45, 2.75) is 18.9 Å². The van der Waals surface area contributed by atoms with E-state index in [9.17, 15) is 8.42 Å². The monoisotopic (exact) mass is 368 g/mol. The van der Waals surface area contributed by atoms with Gasteiger partial charge in [0, 0.05) is 31.0 Å². The number of nitrogens with zero attached hydrogens (tertiary/aromatic N) is 2. The summed E-state index contributed by atoms with van der Waals surface area (Å²) in [4.78, 5) is 0. The molecule has 2 aromatic rings. The van der Waals surface area contributed by atoms with E-state index in [0.717, 1.165) is 24.1 Å². The zero-order chi connectivity index (χ0) is 17.3. The number of benzene rings is 1. The summed E-state index contributed by atoms with van der Waals surface area (Å²) < 4.78 is 32.6. The predicted octanol–water partition coefficient (Wildman–Crippen LogP) is 3.41. The molecule has 24 heavy (non-hydrogen) atoms. The van der Waals surface area contributed by atoms with Gasteiger partial charge in [-0.25, -0.2) is 12.7 Å². The van der Waals surface area contributed by atoms with E-state index in [-0.39, 0.29) is 6.04 Å². The predicted molar refractivity (Wildman–Crippen MR) is 96.1 cm³/mol. The molecule has 2 heterocycles. The number of methoxy groups -OCH3 is 1. The molecule has 130 valence electrons. The zero-order valence-electron chi connectivity index (χ0n) is 13.8. The maximum atomic E-state index is 11.9. The molecule has 1 aliphatic rings. The lowest BCUT2D eigenvalue weighted by Crippen LogP contribution is -2.40. The Morgan fingerprint density at radius 3 is 2.75 bits per heavy atom. The molecular weight excluding hydrogens is 348 g/mol. The van der Waals surface area contributed by atoms with Crippen LogP contribution in [0.25, 0.3) is 11.3 Å². The largest absolute Gasteiger partial charge is 0.495 e. The lowest BCUT2D eigenvalue weighted by Gasteiger charge is -2.33. The molecule has 1 atom stereocenters. The number of sulfonamides is 1. The molecule has 0 amide bonds. The standard InChI is InChI=1S/C17H21ClN2O3S/c1-23-17-8-7-13(11-15(17)18)16-6-4-10-20(16)14-5-3-9-19(12-14)24(2,21)22/h4,6-8,10-11,14H,3,5,9,12H2,1-2H3. The van der Waals surface area contributed by atoms with Crippen LogP contribution in [0.4, 0.5) is 0 Å². The Balaban J connectivity index is 1.92. The minimum Gasteiger partial charge on any atom is -0.495 e. The van der Waals surface area contributed by atoms with E-state index in [1.165, 1.54) is 6.26 Å². The van der Waals surface area contributed by atoms with Gasteiger partial charge in [-0.1, -0.05) is 11.6 Å². The van der Waals surface area contributed by atoms with E-state index in [2.05, 4.69) is 4.57 Å². The van der Waals surface area contributed by atoms with Crippen molar-refractivity contribution in [1.82, 2.24) is 8.87 Å². The van der Waals surface area contributed by atoms with Crippen molar-refractivity contribution in [3.8, 4) is 17.0 Å². The van der Waals surface area contributed by atoms with E-state index in [1.54, 1.807) is 11.4 Å². The van der Waals surface area contributed by atoms with Crippen molar-refractivity contribution in [3.05, 3.63) is 41.6 Å². The second-order valence-corrected chi connectivity index (χ2v) is 8.46. The van der Waals surface area contributed by atoms with E-state index < -0.39 is 10.0 Å². The molecule has 0 N–H and O–H groups in total. The molecule has 7 heteroatoms. The Hall–Kier alpha value is -1.50. The summed E-state index contributed by atoms with van der Waals surface area (Å²) in [6, 6.07) is 9.82. The number of ether oxygens (including phenoxy) is 1. The summed E-state index contributed by atoms with van der Waals surface area (Å²) in [6.07, 6.45) is 5.09. The van der Waals surface area contributed by atoms with Gasteiger partial charge in [-0.3, -0.25) is 0 Å². The number of hydrogen-bond acceptors (Lipinski definition) is 3. The molecule has 1 aliphatic heterocycles. The summed E-state index contributed by atoms with van der Waals surface area (Å²) in [5, 5.41) is 0.559. The highest BCUT2D eigenvalue weighted by atomic mass is 35.5. The molecule has 0 bridgehead atoms. The van der Waals surface area contributed by atoms with Gasteiger partial charge in [0.1, 0.15) is 5.75 Å². The van der Waals surface area contributed by atoms with Crippen LogP contribution in [0.3, 0.4) is 0 Å². The van der Waals surface area contributed by atoms with Gasteiger partial charge in [0.2, 0.25) is 10.0 Å². The van der Waals surface area contributed by atoms with Gasteiger partial charge >= 0.3 is 0 Å². The summed E-state index contributed by atoms with van der Waals surface area (Å²) in [6.45, 7) is 1.10. The quantitative estimate of drug-likeness (QED) is 0.830. The van der Waals surface area contributed by atoms with Gasteiger partial charge in [-0.2, -0.15) is 0 Å². The number of halogens is 1. The van der Waals surface area contributed by atoms with Crippen molar-refractivity contribution in [2.75, 3.05) is 26.5 Å². The average molecular weight is 369 g/mol. The Morgan fingerprint density at radius 2 is 2.08 bits per heavy atom. The molecule has 5 nitrogen and oxygen atoms in total. The SMILES string of the molecule is COc1ccc(-c2cccn2C2CCCN(S(C)(=O)=O)C2)cc1Cl. The van der Waals surface area contributed by atoms with Gasteiger partial charge in [-0.15, -0.1) is 0 Å². The van der Waals surface area contributed by atoms with Crippen molar-refractivity contribution >= 4 is 21.6 Å². The van der Waals surface area contributed by atoms with Crippen molar-refractivity contribution in [3.63, 3.8) is 0 Å². The smallest absolute Gasteiger partial charge is 0.211 e. The van der Waals surface area contributed by atoms with Gasteiger partial charge in [0.25, 0.3) is 0 Å². The zero-order valence-corrected chi connectivity index (χ0v) is 15.3. The lowest BCUT2D eigenvalue weighted by atomic mass is 10.1. The molecule has 0 aliphatic carbocycles. The first-order chi connectivity index (χ1) is 11.4. The Bertz CT molecular complexity index is 832. The molecular formula is C17H21ClN2O3S. The first-order valence-corrected chi connectivity index (χ1v) is 10.1. The Labute approximate surface area is 147 Å². The van der Waals surface area contributed by atoms with Crippen molar-refractivity contribution in [2.24, 2.45) is 0 Å². The van der Waals surface area contributed by atoms with Crippen LogP contribution in [0.1, 0.15) is 18.9 Å². The van der Waals surface area contributed by atoms with E-state index in [4.69, 9.17) is 16.3 Å². The molecule has 0 radical (unpaired) electrons. The molecule has 1 unspecified atom stereocenters. The highest BCUT2D eigenvalue weighted by Gasteiger charge is 2.27. The van der Waals surface area contributed by atoms with Crippen molar-refractivity contribution < 1.29 is 13.2 Å². The van der Waals surface area contributed by atoms with E-state index >= 15 is 0 Å². The van der Waals surface area contributed by atoms with Crippen molar-refractivity contribution in [1.29, 1.82) is 0 Å². The highest BCUT2D eigenvalue weighted by Crippen LogP contribution is 2.33. The molecule has 1 saturated heterocycles. The van der Waals surface area contributed by atoms with Crippen LogP contribution in [0.15, 0.2) is 36.5 Å². The first-order valence-electron chi connectivity index (χ1n) is 7.86. The second kappa shape index (κ2) is 6.78. The summed E-state index contributed by atoms with van der Waals surface area (Å²) in [7, 11) is -1.57. The molecule has 0 spiro atoms. The van der Waals surface area contributed by atoms with Gasteiger partial charge in [0.05, 0.1) is 18.4 Å². The molecule has 1 aromatic carbocycles. The third kappa shape index (κ3) is 3.45. The van der Waals surface area contributed by atoms with Crippen LogP contribution in [0.5, 0.6) is 5.75 Å². The fraction of sp³-hybridized carbons (Fsp3) is 0.412. The minimum atomic E-state index is -3.16. The number of rotatable bonds is 4. The van der Waals surface area contributed by atoms with Crippen LogP contribution in [0.2, 0.25) is 5.02 Å². The number of aromatic nitrogens is 1. The Morgan fingerprint density at radius 1 is 1.29 bits per heavy atom. The third-order valence-electron chi connectivity index (χ3n) is 4.45. The van der Waals surface area contributed by atoms with Gasteiger partial charge < -0.3 is 9.30 Å². The summed E-state index contributed by atoms with van der Waals surface area (Å²) in [5.74, 6) is 0.638. The molecule has 3 rings (SSSR count). The lowest BCUT2D eigenvalue weighted by molar-refractivity contribution is 0.270. The van der Waals surface area contributed by atoms with Gasteiger partial charge in [0.15, 0.2) is 0 Å². The van der Waals surface area contributed by atoms with Gasteiger partial charge in [-0.05, 0) is 48.7 Å². The molecule has 1 aromatic heterocycles. The fourth-order valence-electron chi connectivity index (χ4n) is 3.23. The van der Waals surface area contributed by atoms with E-state index in [0.29, 0.717) is 23.9 Å². The Kier molecular flexibility index (Phi) is 4.90. The van der Waals surface area contributed by atoms with Crippen LogP contribution < -0.4 is 4.74 Å². The third-order valence-corrected chi connectivity index (χ3v) is 6.01. The number of piperidine rings is 1.